The molecule has 0 aliphatic heterocycles. The fraction of sp³-hybridized carbons (Fsp3) is 0.320. The fourth-order valence-corrected chi connectivity index (χ4v) is 3.63. The average Bonchev–Trinajstić information content (AvgIpc) is 2.69. The van der Waals surface area contributed by atoms with Crippen LogP contribution in [0.4, 0.5) is 0 Å². The van der Waals surface area contributed by atoms with Gasteiger partial charge in [-0.15, -0.1) is 0 Å². The number of benzene rings is 2. The zero-order valence-electron chi connectivity index (χ0n) is 16.8. The van der Waals surface area contributed by atoms with Gasteiger partial charge in [0, 0.05) is 24.3 Å². The number of hydrogen-bond acceptors (Lipinski definition) is 3. The lowest BCUT2D eigenvalue weighted by Gasteiger charge is -2.23. The molecule has 0 saturated carbocycles. The monoisotopic (exact) mass is 373 g/mol. The molecule has 3 nitrogen and oxygen atoms in total. The fourth-order valence-electron chi connectivity index (χ4n) is 3.63. The van der Waals surface area contributed by atoms with Crippen LogP contribution in [0.25, 0.3) is 0 Å². The second kappa shape index (κ2) is 10.4. The van der Waals surface area contributed by atoms with E-state index in [1.807, 2.05) is 73.7 Å². The summed E-state index contributed by atoms with van der Waals surface area (Å²) < 4.78 is 0. The van der Waals surface area contributed by atoms with Gasteiger partial charge in [0.15, 0.2) is 0 Å². The van der Waals surface area contributed by atoms with Crippen LogP contribution < -0.4 is 0 Å². The minimum absolute atomic E-state index is 0.00389. The van der Waals surface area contributed by atoms with Crippen LogP contribution in [-0.4, -0.2) is 11.6 Å². The number of nitriles is 1. The summed E-state index contributed by atoms with van der Waals surface area (Å²) in [4.78, 5) is 23.7. The smallest absolute Gasteiger partial charge is 0.130 e. The van der Waals surface area contributed by atoms with E-state index in [1.54, 1.807) is 13.8 Å². The number of allylic oxidation sites excluding steroid dienone is 2. The van der Waals surface area contributed by atoms with Gasteiger partial charge >= 0.3 is 0 Å². The molecule has 0 amide bonds. The SMILES string of the molecule is CC(=O)CC(/C(C#N)=C\C(C)C(CC(C)=O)c1ccccc1)c1ccccc1. The van der Waals surface area contributed by atoms with Gasteiger partial charge < -0.3 is 4.79 Å². The molecule has 0 saturated heterocycles. The molecule has 0 fully saturated rings. The van der Waals surface area contributed by atoms with Crippen molar-refractivity contribution in [2.24, 2.45) is 5.92 Å². The third kappa shape index (κ3) is 6.03. The van der Waals surface area contributed by atoms with Gasteiger partial charge in [0.25, 0.3) is 0 Å². The lowest BCUT2D eigenvalue weighted by molar-refractivity contribution is -0.118. The van der Waals surface area contributed by atoms with Crippen LogP contribution in [-0.2, 0) is 9.59 Å². The van der Waals surface area contributed by atoms with Crippen molar-refractivity contribution < 1.29 is 9.59 Å². The Morgan fingerprint density at radius 3 is 1.86 bits per heavy atom. The molecule has 0 bridgehead atoms. The number of hydrogen-bond donors (Lipinski definition) is 0. The summed E-state index contributed by atoms with van der Waals surface area (Å²) in [6, 6.07) is 21.9. The summed E-state index contributed by atoms with van der Waals surface area (Å²) in [7, 11) is 0. The number of Topliss-reactive ketones (excluding diaryl/α,β-unsaturated/α-hetero) is 2. The number of carbonyl (C=O) groups excluding carboxylic acids is 2. The van der Waals surface area contributed by atoms with Crippen LogP contribution in [0, 0.1) is 17.2 Å². The van der Waals surface area contributed by atoms with Crippen molar-refractivity contribution in [3.05, 3.63) is 83.4 Å². The van der Waals surface area contributed by atoms with Gasteiger partial charge in [-0.2, -0.15) is 5.26 Å². The van der Waals surface area contributed by atoms with Crippen molar-refractivity contribution in [1.29, 1.82) is 5.26 Å². The topological polar surface area (TPSA) is 57.9 Å². The van der Waals surface area contributed by atoms with E-state index in [-0.39, 0.29) is 29.3 Å². The first-order valence-electron chi connectivity index (χ1n) is 9.63. The van der Waals surface area contributed by atoms with E-state index in [0.29, 0.717) is 18.4 Å². The number of ketones is 2. The largest absolute Gasteiger partial charge is 0.300 e. The number of carbonyl (C=O) groups is 2. The Labute approximate surface area is 167 Å². The molecule has 0 heterocycles. The maximum Gasteiger partial charge on any atom is 0.130 e. The summed E-state index contributed by atoms with van der Waals surface area (Å²) in [5, 5.41) is 9.86. The van der Waals surface area contributed by atoms with Crippen molar-refractivity contribution in [3.63, 3.8) is 0 Å². The highest BCUT2D eigenvalue weighted by Crippen LogP contribution is 2.34. The normalized spacial score (nSPS) is 14.6. The molecule has 3 atom stereocenters. The van der Waals surface area contributed by atoms with Crippen molar-refractivity contribution in [1.82, 2.24) is 0 Å². The lowest BCUT2D eigenvalue weighted by Crippen LogP contribution is -2.14. The summed E-state index contributed by atoms with van der Waals surface area (Å²) in [6.45, 7) is 5.19. The van der Waals surface area contributed by atoms with Gasteiger partial charge in [-0.3, -0.25) is 4.79 Å². The Hall–Kier alpha value is -2.99. The zero-order chi connectivity index (χ0) is 20.5. The summed E-state index contributed by atoms with van der Waals surface area (Å²) in [6.07, 6.45) is 2.66. The van der Waals surface area contributed by atoms with Crippen LogP contribution in [0.3, 0.4) is 0 Å². The average molecular weight is 373 g/mol. The maximum absolute atomic E-state index is 11.9. The van der Waals surface area contributed by atoms with Crippen molar-refractivity contribution in [3.8, 4) is 6.07 Å². The van der Waals surface area contributed by atoms with Gasteiger partial charge in [0.2, 0.25) is 0 Å². The molecule has 2 aromatic carbocycles. The van der Waals surface area contributed by atoms with E-state index in [9.17, 15) is 14.9 Å². The van der Waals surface area contributed by atoms with Crippen LogP contribution in [0.5, 0.6) is 0 Å². The van der Waals surface area contributed by atoms with E-state index < -0.39 is 0 Å². The molecule has 0 spiro atoms. The van der Waals surface area contributed by atoms with Crippen molar-refractivity contribution in [2.75, 3.05) is 0 Å². The van der Waals surface area contributed by atoms with E-state index in [2.05, 4.69) is 6.07 Å². The van der Waals surface area contributed by atoms with Gasteiger partial charge in [0.05, 0.1) is 6.07 Å². The molecule has 2 aromatic rings. The van der Waals surface area contributed by atoms with Gasteiger partial charge in [-0.05, 0) is 36.8 Å². The zero-order valence-corrected chi connectivity index (χ0v) is 16.8. The Kier molecular flexibility index (Phi) is 7.89. The Morgan fingerprint density at radius 2 is 1.39 bits per heavy atom. The molecule has 3 heteroatoms. The van der Waals surface area contributed by atoms with E-state index >= 15 is 0 Å². The minimum Gasteiger partial charge on any atom is -0.300 e. The molecule has 3 unspecified atom stereocenters. The third-order valence-electron chi connectivity index (χ3n) is 5.01. The van der Waals surface area contributed by atoms with Gasteiger partial charge in [-0.1, -0.05) is 73.7 Å². The molecule has 0 aliphatic rings. The molecule has 0 aromatic heterocycles. The van der Waals surface area contributed by atoms with Crippen LogP contribution in [0.1, 0.15) is 56.6 Å². The molecule has 0 aliphatic carbocycles. The van der Waals surface area contributed by atoms with E-state index in [1.165, 1.54) is 0 Å². The van der Waals surface area contributed by atoms with Gasteiger partial charge in [0.1, 0.15) is 11.6 Å². The molecule has 28 heavy (non-hydrogen) atoms. The van der Waals surface area contributed by atoms with Crippen LogP contribution in [0.15, 0.2) is 72.3 Å². The quantitative estimate of drug-likeness (QED) is 0.538. The highest BCUT2D eigenvalue weighted by Gasteiger charge is 2.24. The molecule has 144 valence electrons. The molecule has 2 rings (SSSR count). The first-order chi connectivity index (χ1) is 13.4. The van der Waals surface area contributed by atoms with Crippen LogP contribution in [0.2, 0.25) is 0 Å². The molecular formula is C25H27NO2. The number of nitrogens with zero attached hydrogens (tertiary/aromatic N) is 1. The molecule has 0 N–H and O–H groups in total. The molecule has 0 radical (unpaired) electrons. The van der Waals surface area contributed by atoms with Gasteiger partial charge in [-0.25, -0.2) is 0 Å². The summed E-state index contributed by atoms with van der Waals surface area (Å²) in [5.74, 6) is -0.114. The first kappa shape index (κ1) is 21.3. The Balaban J connectivity index is 2.41. The standard InChI is InChI=1S/C25H27NO2/c1-18(24(15-19(2)27)21-10-6-4-7-11-21)14-23(17-26)25(16-20(3)28)22-12-8-5-9-13-22/h4-14,18,24-25H,15-16H2,1-3H3/b23-14-. The van der Waals surface area contributed by atoms with E-state index in [0.717, 1.165) is 11.1 Å². The third-order valence-corrected chi connectivity index (χ3v) is 5.01. The lowest BCUT2D eigenvalue weighted by atomic mass is 9.80. The Morgan fingerprint density at radius 1 is 0.893 bits per heavy atom. The Bertz CT molecular complexity index is 862. The number of rotatable bonds is 9. The summed E-state index contributed by atoms with van der Waals surface area (Å²) >= 11 is 0. The second-order valence-corrected chi connectivity index (χ2v) is 7.39. The van der Waals surface area contributed by atoms with Crippen molar-refractivity contribution >= 4 is 11.6 Å². The maximum atomic E-state index is 11.9. The highest BCUT2D eigenvalue weighted by molar-refractivity contribution is 5.77. The van der Waals surface area contributed by atoms with Crippen molar-refractivity contribution in [2.45, 2.75) is 45.4 Å². The second-order valence-electron chi connectivity index (χ2n) is 7.39. The predicted octanol–water partition coefficient (Wildman–Crippen LogP) is 5.60. The predicted molar refractivity (Wildman–Crippen MR) is 112 cm³/mol. The molecular weight excluding hydrogens is 346 g/mol. The highest BCUT2D eigenvalue weighted by atomic mass is 16.1. The van der Waals surface area contributed by atoms with E-state index in [4.69, 9.17) is 0 Å². The summed E-state index contributed by atoms with van der Waals surface area (Å²) in [5.41, 5.74) is 2.63. The van der Waals surface area contributed by atoms with Crippen LogP contribution >= 0.6 is 0 Å². The first-order valence-corrected chi connectivity index (χ1v) is 9.63. The minimum atomic E-state index is -0.264.